The fourth-order valence-electron chi connectivity index (χ4n) is 3.79. The van der Waals surface area contributed by atoms with Crippen LogP contribution in [0.5, 0.6) is 0 Å². The molecule has 1 amide bonds. The van der Waals surface area contributed by atoms with Crippen LogP contribution in [0.3, 0.4) is 0 Å². The predicted octanol–water partition coefficient (Wildman–Crippen LogP) is 3.96. The summed E-state index contributed by atoms with van der Waals surface area (Å²) < 4.78 is 0. The number of aryl methyl sites for hydroxylation is 2. The van der Waals surface area contributed by atoms with Gasteiger partial charge in [0.25, 0.3) is 5.91 Å². The molecular weight excluding hydrogens is 322 g/mol. The van der Waals surface area contributed by atoms with Crippen LogP contribution in [0, 0.1) is 13.8 Å². The van der Waals surface area contributed by atoms with E-state index in [1.165, 1.54) is 11.3 Å². The van der Waals surface area contributed by atoms with Crippen molar-refractivity contribution in [2.45, 2.75) is 26.8 Å². The average molecular weight is 345 g/mol. The minimum absolute atomic E-state index is 0.0333. The van der Waals surface area contributed by atoms with Gasteiger partial charge in [-0.25, -0.2) is 0 Å². The van der Waals surface area contributed by atoms with E-state index in [-0.39, 0.29) is 5.91 Å². The number of nitrogens with zero attached hydrogens (tertiary/aromatic N) is 1. The summed E-state index contributed by atoms with van der Waals surface area (Å²) in [7, 11) is 0. The second kappa shape index (κ2) is 6.46. The van der Waals surface area contributed by atoms with Gasteiger partial charge in [-0.3, -0.25) is 4.79 Å². The van der Waals surface area contributed by atoms with E-state index in [1.807, 2.05) is 48.2 Å². The van der Waals surface area contributed by atoms with E-state index in [0.717, 1.165) is 34.5 Å². The second-order valence-electron chi connectivity index (χ2n) is 6.91. The van der Waals surface area contributed by atoms with E-state index >= 15 is 0 Å². The zero-order valence-electron chi connectivity index (χ0n) is 15.2. The van der Waals surface area contributed by atoms with Crippen LogP contribution in [0.25, 0.3) is 11.1 Å². The number of anilines is 1. The highest BCUT2D eigenvalue weighted by atomic mass is 16.2. The number of hydrogen-bond acceptors (Lipinski definition) is 2. The second-order valence-corrected chi connectivity index (χ2v) is 6.91. The average Bonchev–Trinajstić information content (AvgIpc) is 2.95. The Labute approximate surface area is 153 Å². The predicted molar refractivity (Wildman–Crippen MR) is 105 cm³/mol. The first-order chi connectivity index (χ1) is 12.6. The molecule has 2 heterocycles. The molecule has 0 unspecified atom stereocenters. The van der Waals surface area contributed by atoms with Crippen LogP contribution in [-0.2, 0) is 13.0 Å². The summed E-state index contributed by atoms with van der Waals surface area (Å²) in [5, 5.41) is 0. The van der Waals surface area contributed by atoms with Crippen LogP contribution in [0.4, 0.5) is 5.69 Å². The van der Waals surface area contributed by atoms with E-state index in [0.29, 0.717) is 18.7 Å². The van der Waals surface area contributed by atoms with Crippen molar-refractivity contribution in [3.63, 3.8) is 0 Å². The maximum absolute atomic E-state index is 13.3. The molecule has 26 heavy (non-hydrogen) atoms. The molecule has 0 saturated carbocycles. The van der Waals surface area contributed by atoms with Gasteiger partial charge >= 0.3 is 0 Å². The molecule has 0 spiro atoms. The van der Waals surface area contributed by atoms with E-state index in [9.17, 15) is 4.79 Å². The van der Waals surface area contributed by atoms with Gasteiger partial charge in [-0.1, -0.05) is 24.3 Å². The highest BCUT2D eigenvalue weighted by Gasteiger charge is 2.26. The summed E-state index contributed by atoms with van der Waals surface area (Å²) in [5.74, 6) is 0.0333. The molecular formula is C22H23N3O. The fourth-order valence-corrected chi connectivity index (χ4v) is 3.79. The van der Waals surface area contributed by atoms with Crippen LogP contribution in [0.2, 0.25) is 0 Å². The Kier molecular flexibility index (Phi) is 4.13. The fraction of sp³-hybridized carbons (Fsp3) is 0.227. The lowest BCUT2D eigenvalue weighted by molar-refractivity contribution is 0.0987. The maximum Gasteiger partial charge on any atom is 0.258 e. The molecule has 0 aliphatic carbocycles. The number of carbonyl (C=O) groups excluding carboxylic acids is 1. The number of aromatic nitrogens is 1. The minimum Gasteiger partial charge on any atom is -0.362 e. The van der Waals surface area contributed by atoms with Crippen molar-refractivity contribution in [3.05, 3.63) is 76.6 Å². The zero-order valence-corrected chi connectivity index (χ0v) is 15.2. The molecule has 0 radical (unpaired) electrons. The summed E-state index contributed by atoms with van der Waals surface area (Å²) in [5.41, 5.74) is 14.2. The third-order valence-electron chi connectivity index (χ3n) is 5.16. The number of fused-ring (bicyclic) bond motifs is 3. The number of amides is 1. The number of hydrogen-bond donors (Lipinski definition) is 2. The quantitative estimate of drug-likeness (QED) is 0.738. The summed E-state index contributed by atoms with van der Waals surface area (Å²) in [6, 6.07) is 16.1. The number of para-hydroxylation sites is 1. The largest absolute Gasteiger partial charge is 0.362 e. The van der Waals surface area contributed by atoms with Crippen molar-refractivity contribution in [3.8, 4) is 11.1 Å². The van der Waals surface area contributed by atoms with Crippen molar-refractivity contribution in [1.29, 1.82) is 0 Å². The van der Waals surface area contributed by atoms with Gasteiger partial charge in [0, 0.05) is 47.6 Å². The lowest BCUT2D eigenvalue weighted by Gasteiger charge is -2.23. The summed E-state index contributed by atoms with van der Waals surface area (Å²) in [6.07, 6.45) is 0.809. The standard InChI is InChI=1S/C22H23N3O/c1-14-11-16(7-8-17(14)13-23)22(26)25-10-9-20-19(12-15(2)24-20)18-5-3-4-6-21(18)25/h3-8,11-12,24H,9-10,13,23H2,1-2H3. The van der Waals surface area contributed by atoms with E-state index in [4.69, 9.17) is 5.73 Å². The first-order valence-corrected chi connectivity index (χ1v) is 8.98. The summed E-state index contributed by atoms with van der Waals surface area (Å²) in [4.78, 5) is 18.6. The molecule has 0 saturated heterocycles. The Morgan fingerprint density at radius 1 is 1.12 bits per heavy atom. The number of benzene rings is 2. The third-order valence-corrected chi connectivity index (χ3v) is 5.16. The van der Waals surface area contributed by atoms with Gasteiger partial charge < -0.3 is 15.6 Å². The topological polar surface area (TPSA) is 62.1 Å². The van der Waals surface area contributed by atoms with Gasteiger partial charge in [-0.2, -0.15) is 0 Å². The Morgan fingerprint density at radius 3 is 2.69 bits per heavy atom. The molecule has 132 valence electrons. The minimum atomic E-state index is 0.0333. The number of rotatable bonds is 2. The lowest BCUT2D eigenvalue weighted by Crippen LogP contribution is -2.32. The van der Waals surface area contributed by atoms with Gasteiger partial charge in [-0.05, 0) is 49.2 Å². The van der Waals surface area contributed by atoms with Crippen molar-refractivity contribution in [1.82, 2.24) is 4.98 Å². The number of aromatic amines is 1. The van der Waals surface area contributed by atoms with E-state index in [1.54, 1.807) is 0 Å². The third kappa shape index (κ3) is 2.72. The molecule has 0 fully saturated rings. The highest BCUT2D eigenvalue weighted by Crippen LogP contribution is 2.37. The Bertz CT molecular complexity index is 987. The number of H-pyrrole nitrogens is 1. The molecule has 0 bridgehead atoms. The van der Waals surface area contributed by atoms with Crippen molar-refractivity contribution in [2.75, 3.05) is 11.4 Å². The molecule has 1 aliphatic heterocycles. The molecule has 2 aromatic carbocycles. The summed E-state index contributed by atoms with van der Waals surface area (Å²) in [6.45, 7) is 5.21. The van der Waals surface area contributed by atoms with Crippen LogP contribution < -0.4 is 10.6 Å². The zero-order chi connectivity index (χ0) is 18.3. The number of nitrogens with one attached hydrogen (secondary N) is 1. The molecule has 3 aromatic rings. The highest BCUT2D eigenvalue weighted by molar-refractivity contribution is 6.08. The van der Waals surface area contributed by atoms with Crippen LogP contribution in [0.15, 0.2) is 48.5 Å². The monoisotopic (exact) mass is 345 g/mol. The molecule has 3 N–H and O–H groups in total. The molecule has 4 rings (SSSR count). The molecule has 1 aromatic heterocycles. The molecule has 4 nitrogen and oxygen atoms in total. The van der Waals surface area contributed by atoms with Crippen LogP contribution >= 0.6 is 0 Å². The first kappa shape index (κ1) is 16.6. The Balaban J connectivity index is 1.78. The van der Waals surface area contributed by atoms with Gasteiger partial charge in [0.05, 0.1) is 5.69 Å². The molecule has 4 heteroatoms. The number of carbonyl (C=O) groups is 1. The van der Waals surface area contributed by atoms with Crippen LogP contribution in [0.1, 0.15) is 32.9 Å². The van der Waals surface area contributed by atoms with Crippen molar-refractivity contribution >= 4 is 11.6 Å². The Hall–Kier alpha value is -2.85. The molecule has 0 atom stereocenters. The van der Waals surface area contributed by atoms with Gasteiger partial charge in [0.15, 0.2) is 0 Å². The first-order valence-electron chi connectivity index (χ1n) is 8.98. The van der Waals surface area contributed by atoms with E-state index < -0.39 is 0 Å². The SMILES string of the molecule is Cc1cc2c([nH]1)CCN(C(=O)c1ccc(CN)c(C)c1)c1ccccc1-2. The smallest absolute Gasteiger partial charge is 0.258 e. The Morgan fingerprint density at radius 2 is 1.92 bits per heavy atom. The van der Waals surface area contributed by atoms with Crippen molar-refractivity contribution < 1.29 is 4.79 Å². The number of nitrogens with two attached hydrogens (primary N) is 1. The van der Waals surface area contributed by atoms with E-state index in [2.05, 4.69) is 24.0 Å². The van der Waals surface area contributed by atoms with Crippen LogP contribution in [-0.4, -0.2) is 17.4 Å². The molecule has 1 aliphatic rings. The summed E-state index contributed by atoms with van der Waals surface area (Å²) >= 11 is 0. The van der Waals surface area contributed by atoms with Crippen molar-refractivity contribution in [2.24, 2.45) is 5.73 Å². The van der Waals surface area contributed by atoms with Gasteiger partial charge in [0.1, 0.15) is 0 Å². The van der Waals surface area contributed by atoms with Gasteiger partial charge in [0.2, 0.25) is 0 Å². The van der Waals surface area contributed by atoms with Gasteiger partial charge in [-0.15, -0.1) is 0 Å². The normalized spacial score (nSPS) is 13.1. The maximum atomic E-state index is 13.3. The lowest BCUT2D eigenvalue weighted by atomic mass is 10.0.